The Labute approximate surface area is 173 Å². The third-order valence-corrected chi connectivity index (χ3v) is 5.79. The summed E-state index contributed by atoms with van der Waals surface area (Å²) in [7, 11) is 0. The zero-order chi connectivity index (χ0) is 20.6. The van der Waals surface area contributed by atoms with Crippen LogP contribution in [-0.4, -0.2) is 41.1 Å². The first-order valence-corrected chi connectivity index (χ1v) is 11.9. The van der Waals surface area contributed by atoms with Crippen LogP contribution in [0.3, 0.4) is 0 Å². The number of hydrogen-bond acceptors (Lipinski definition) is 5. The van der Waals surface area contributed by atoms with E-state index in [0.717, 1.165) is 25.7 Å². The van der Waals surface area contributed by atoms with Gasteiger partial charge in [-0.25, -0.2) is 4.79 Å². The Bertz CT molecular complexity index is 534. The van der Waals surface area contributed by atoms with Gasteiger partial charge in [0.05, 0.1) is 0 Å². The van der Waals surface area contributed by atoms with E-state index in [-0.39, 0.29) is 11.6 Å². The van der Waals surface area contributed by atoms with Crippen LogP contribution in [0.5, 0.6) is 0 Å². The van der Waals surface area contributed by atoms with Crippen molar-refractivity contribution in [1.82, 2.24) is 10.6 Å². The lowest BCUT2D eigenvalue weighted by Crippen LogP contribution is -2.42. The lowest BCUT2D eigenvalue weighted by Gasteiger charge is -2.19. The van der Waals surface area contributed by atoms with Gasteiger partial charge in [-0.2, -0.15) is 17.0 Å². The zero-order valence-electron chi connectivity index (χ0n) is 17.0. The van der Waals surface area contributed by atoms with Gasteiger partial charge in [0.15, 0.2) is 0 Å². The first kappa shape index (κ1) is 24.4. The molecule has 1 aliphatic carbocycles. The molecule has 6 nitrogen and oxygen atoms in total. The zero-order valence-corrected chi connectivity index (χ0v) is 17.9. The van der Waals surface area contributed by atoms with Gasteiger partial charge in [-0.1, -0.05) is 57.8 Å². The number of nitriles is 1. The minimum Gasteiger partial charge on any atom is -0.480 e. The van der Waals surface area contributed by atoms with Crippen LogP contribution in [0.25, 0.3) is 0 Å². The molecule has 1 aliphatic rings. The molecular formula is C21H35N3O3S. The molecule has 1 atom stereocenters. The lowest BCUT2D eigenvalue weighted by molar-refractivity contribution is -0.141. The van der Waals surface area contributed by atoms with Crippen molar-refractivity contribution in [2.24, 2.45) is 0 Å². The third kappa shape index (κ3) is 10.6. The van der Waals surface area contributed by atoms with Crippen molar-refractivity contribution in [2.75, 3.05) is 12.0 Å². The van der Waals surface area contributed by atoms with Crippen LogP contribution in [-0.2, 0) is 9.59 Å². The Balaban J connectivity index is 2.62. The van der Waals surface area contributed by atoms with Crippen LogP contribution in [0.4, 0.5) is 0 Å². The maximum atomic E-state index is 12.3. The molecule has 0 bridgehead atoms. The molecule has 28 heavy (non-hydrogen) atoms. The van der Waals surface area contributed by atoms with Gasteiger partial charge >= 0.3 is 5.97 Å². The maximum Gasteiger partial charge on any atom is 0.326 e. The molecule has 0 aromatic rings. The van der Waals surface area contributed by atoms with Crippen molar-refractivity contribution < 1.29 is 14.7 Å². The van der Waals surface area contributed by atoms with Gasteiger partial charge in [0, 0.05) is 12.2 Å². The quantitative estimate of drug-likeness (QED) is 0.414. The fourth-order valence-corrected chi connectivity index (χ4v) is 3.88. The summed E-state index contributed by atoms with van der Waals surface area (Å²) >= 11 is 1.52. The molecular weight excluding hydrogens is 374 g/mol. The summed E-state index contributed by atoms with van der Waals surface area (Å²) in [6.45, 7) is 0. The fraction of sp³-hybridized carbons (Fsp3) is 0.762. The number of carboxylic acid groups (broad SMARTS) is 1. The van der Waals surface area contributed by atoms with Crippen molar-refractivity contribution >= 4 is 23.6 Å². The smallest absolute Gasteiger partial charge is 0.326 e. The highest BCUT2D eigenvalue weighted by Gasteiger charge is 2.21. The molecule has 0 spiro atoms. The molecule has 7 heteroatoms. The molecule has 0 heterocycles. The Morgan fingerprint density at radius 1 is 1.11 bits per heavy atom. The van der Waals surface area contributed by atoms with Gasteiger partial charge in [0.2, 0.25) is 0 Å². The van der Waals surface area contributed by atoms with Crippen LogP contribution in [0.1, 0.15) is 77.0 Å². The summed E-state index contributed by atoms with van der Waals surface area (Å²) in [6.07, 6.45) is 17.0. The highest BCUT2D eigenvalue weighted by atomic mass is 32.2. The SMILES string of the molecule is CSCCC(NC(=O)/C(C#N)=C\NC1CCCCCCCCCCC1)C(=O)O. The van der Waals surface area contributed by atoms with Gasteiger partial charge in [-0.15, -0.1) is 0 Å². The van der Waals surface area contributed by atoms with Crippen LogP contribution >= 0.6 is 11.8 Å². The van der Waals surface area contributed by atoms with E-state index in [2.05, 4.69) is 10.6 Å². The summed E-state index contributed by atoms with van der Waals surface area (Å²) < 4.78 is 0. The number of aliphatic carboxylic acids is 1. The molecule has 1 rings (SSSR count). The van der Waals surface area contributed by atoms with Crippen molar-refractivity contribution in [2.45, 2.75) is 89.1 Å². The molecule has 1 saturated carbocycles. The highest BCUT2D eigenvalue weighted by molar-refractivity contribution is 7.98. The Morgan fingerprint density at radius 3 is 2.11 bits per heavy atom. The van der Waals surface area contributed by atoms with E-state index < -0.39 is 17.9 Å². The molecule has 3 N–H and O–H groups in total. The van der Waals surface area contributed by atoms with Gasteiger partial charge in [0.25, 0.3) is 5.91 Å². The second-order valence-corrected chi connectivity index (χ2v) is 8.42. The Morgan fingerprint density at radius 2 is 1.64 bits per heavy atom. The number of nitrogens with one attached hydrogen (secondary N) is 2. The van der Waals surface area contributed by atoms with E-state index in [1.165, 1.54) is 62.9 Å². The minimum atomic E-state index is -1.08. The molecule has 1 amide bonds. The normalized spacial score (nSPS) is 18.8. The summed E-state index contributed by atoms with van der Waals surface area (Å²) in [6, 6.07) is 1.18. The van der Waals surface area contributed by atoms with Gasteiger partial charge < -0.3 is 15.7 Å². The van der Waals surface area contributed by atoms with Gasteiger partial charge in [-0.3, -0.25) is 4.79 Å². The summed E-state index contributed by atoms with van der Waals surface area (Å²) in [5.41, 5.74) is -0.0680. The van der Waals surface area contributed by atoms with E-state index in [1.807, 2.05) is 12.3 Å². The molecule has 1 fully saturated rings. The average molecular weight is 410 g/mol. The van der Waals surface area contributed by atoms with E-state index >= 15 is 0 Å². The van der Waals surface area contributed by atoms with Gasteiger partial charge in [0.1, 0.15) is 17.7 Å². The Kier molecular flexibility index (Phi) is 13.3. The molecule has 0 saturated heterocycles. The number of thioether (sulfide) groups is 1. The summed E-state index contributed by atoms with van der Waals surface area (Å²) in [5, 5.41) is 24.3. The molecule has 158 valence electrons. The predicted molar refractivity (Wildman–Crippen MR) is 114 cm³/mol. The monoisotopic (exact) mass is 409 g/mol. The van der Waals surface area contributed by atoms with Crippen LogP contribution in [0, 0.1) is 11.3 Å². The standard InChI is InChI=1S/C21H35N3O3S/c1-28-14-13-19(21(26)27)24-20(25)17(15-22)16-23-18-11-9-7-5-3-2-4-6-8-10-12-18/h16,18-19,23H,2-14H2,1H3,(H,24,25)(H,26,27)/b17-16-. The maximum absolute atomic E-state index is 12.3. The van der Waals surface area contributed by atoms with Crippen LogP contribution in [0.15, 0.2) is 11.8 Å². The highest BCUT2D eigenvalue weighted by Crippen LogP contribution is 2.17. The lowest BCUT2D eigenvalue weighted by atomic mass is 9.98. The molecule has 0 aromatic carbocycles. The summed E-state index contributed by atoms with van der Waals surface area (Å²) in [5.74, 6) is -1.08. The van der Waals surface area contributed by atoms with Crippen molar-refractivity contribution in [1.29, 1.82) is 5.26 Å². The molecule has 0 radical (unpaired) electrons. The number of hydrogen-bond donors (Lipinski definition) is 3. The second-order valence-electron chi connectivity index (χ2n) is 7.44. The number of amides is 1. The fourth-order valence-electron chi connectivity index (χ4n) is 3.41. The average Bonchev–Trinajstić information content (AvgIpc) is 2.66. The van der Waals surface area contributed by atoms with Crippen molar-refractivity contribution in [3.63, 3.8) is 0 Å². The molecule has 1 unspecified atom stereocenters. The summed E-state index contributed by atoms with van der Waals surface area (Å²) in [4.78, 5) is 23.6. The first-order valence-electron chi connectivity index (χ1n) is 10.5. The number of carbonyl (C=O) groups is 2. The van der Waals surface area contributed by atoms with Gasteiger partial charge in [-0.05, 0) is 31.3 Å². The molecule has 0 aliphatic heterocycles. The largest absolute Gasteiger partial charge is 0.480 e. The number of carboxylic acids is 1. The van der Waals surface area contributed by atoms with Crippen LogP contribution in [0.2, 0.25) is 0 Å². The third-order valence-electron chi connectivity index (χ3n) is 5.15. The number of carbonyl (C=O) groups excluding carboxylic acids is 1. The second kappa shape index (κ2) is 15.3. The molecule has 0 aromatic heterocycles. The Hall–Kier alpha value is -1.68. The van der Waals surface area contributed by atoms with Crippen LogP contribution < -0.4 is 10.6 Å². The van der Waals surface area contributed by atoms with E-state index in [4.69, 9.17) is 0 Å². The van der Waals surface area contributed by atoms with E-state index in [1.54, 1.807) is 0 Å². The minimum absolute atomic E-state index is 0.0680. The van der Waals surface area contributed by atoms with E-state index in [9.17, 15) is 20.0 Å². The number of rotatable bonds is 8. The first-order chi connectivity index (χ1) is 13.6. The van der Waals surface area contributed by atoms with Crippen molar-refractivity contribution in [3.8, 4) is 6.07 Å². The topological polar surface area (TPSA) is 102 Å². The van der Waals surface area contributed by atoms with E-state index in [0.29, 0.717) is 12.2 Å². The van der Waals surface area contributed by atoms with Crippen molar-refractivity contribution in [3.05, 3.63) is 11.8 Å². The predicted octanol–water partition coefficient (Wildman–Crippen LogP) is 3.98. The number of nitrogens with zero attached hydrogens (tertiary/aromatic N) is 1.